The molecule has 0 aliphatic rings. The fourth-order valence-corrected chi connectivity index (χ4v) is 5.20. The molecule has 0 N–H and O–H groups in total. The second kappa shape index (κ2) is 9.66. The van der Waals surface area contributed by atoms with Crippen LogP contribution < -0.4 is 4.74 Å². The Labute approximate surface area is 227 Å². The van der Waals surface area contributed by atoms with E-state index in [1.54, 1.807) is 7.11 Å². The summed E-state index contributed by atoms with van der Waals surface area (Å²) in [6.07, 6.45) is 0. The molecular formula is C37H26O2. The zero-order valence-corrected chi connectivity index (χ0v) is 21.6. The smallest absolute Gasteiger partial charge is 0.134 e. The standard InChI is InChI=1S/C37H26O2/c1-38-35-19-18-33-23-32(16-17-34(33)24-35)27-8-13-29(14-9-27)37-21-20-36(39-37)28-11-6-26(7-12-28)31-15-10-25-4-2-3-5-30(25)22-31/h2-24H,1H3. The monoisotopic (exact) mass is 502 g/mol. The molecule has 0 amide bonds. The molecule has 2 heteroatoms. The molecule has 0 atom stereocenters. The van der Waals surface area contributed by atoms with E-state index < -0.39 is 0 Å². The van der Waals surface area contributed by atoms with Crippen LogP contribution in [-0.4, -0.2) is 7.11 Å². The number of benzene rings is 6. The number of furan rings is 1. The van der Waals surface area contributed by atoms with E-state index in [2.05, 4.69) is 121 Å². The Balaban J connectivity index is 1.11. The lowest BCUT2D eigenvalue weighted by Gasteiger charge is -2.07. The summed E-state index contributed by atoms with van der Waals surface area (Å²) in [5.74, 6) is 2.60. The zero-order chi connectivity index (χ0) is 26.2. The van der Waals surface area contributed by atoms with Gasteiger partial charge >= 0.3 is 0 Å². The van der Waals surface area contributed by atoms with Gasteiger partial charge in [-0.25, -0.2) is 0 Å². The summed E-state index contributed by atoms with van der Waals surface area (Å²) >= 11 is 0. The Hall–Kier alpha value is -5.08. The molecule has 0 aliphatic carbocycles. The quantitative estimate of drug-likeness (QED) is 0.234. The fourth-order valence-electron chi connectivity index (χ4n) is 5.20. The first-order chi connectivity index (χ1) is 19.2. The van der Waals surface area contributed by atoms with Crippen molar-refractivity contribution in [1.29, 1.82) is 0 Å². The van der Waals surface area contributed by atoms with E-state index in [4.69, 9.17) is 9.15 Å². The molecule has 1 aromatic heterocycles. The van der Waals surface area contributed by atoms with Crippen LogP contribution in [0.2, 0.25) is 0 Å². The van der Waals surface area contributed by atoms with Crippen LogP contribution in [0.5, 0.6) is 5.75 Å². The summed E-state index contributed by atoms with van der Waals surface area (Å²) < 4.78 is 11.6. The third-order valence-electron chi connectivity index (χ3n) is 7.41. The highest BCUT2D eigenvalue weighted by Crippen LogP contribution is 2.33. The van der Waals surface area contributed by atoms with Crippen molar-refractivity contribution >= 4 is 21.5 Å². The van der Waals surface area contributed by atoms with Crippen molar-refractivity contribution in [2.24, 2.45) is 0 Å². The molecule has 7 rings (SSSR count). The van der Waals surface area contributed by atoms with Crippen LogP contribution in [0.4, 0.5) is 0 Å². The number of rotatable bonds is 5. The van der Waals surface area contributed by atoms with Gasteiger partial charge in [-0.1, -0.05) is 103 Å². The number of fused-ring (bicyclic) bond motifs is 2. The van der Waals surface area contributed by atoms with Crippen LogP contribution in [0.3, 0.4) is 0 Å². The largest absolute Gasteiger partial charge is 0.497 e. The summed E-state index contributed by atoms with van der Waals surface area (Å²) in [7, 11) is 1.70. The van der Waals surface area contributed by atoms with Crippen molar-refractivity contribution in [3.05, 3.63) is 140 Å². The maximum Gasteiger partial charge on any atom is 0.134 e. The summed E-state index contributed by atoms with van der Waals surface area (Å²) in [5, 5.41) is 4.87. The van der Waals surface area contributed by atoms with Crippen molar-refractivity contribution in [1.82, 2.24) is 0 Å². The van der Waals surface area contributed by atoms with Crippen LogP contribution in [0.1, 0.15) is 0 Å². The van der Waals surface area contributed by atoms with Gasteiger partial charge in [-0.15, -0.1) is 0 Å². The maximum atomic E-state index is 6.27. The molecule has 0 bridgehead atoms. The van der Waals surface area contributed by atoms with E-state index in [1.807, 2.05) is 18.2 Å². The molecule has 0 radical (unpaired) electrons. The van der Waals surface area contributed by atoms with E-state index >= 15 is 0 Å². The lowest BCUT2D eigenvalue weighted by molar-refractivity contribution is 0.415. The molecule has 0 aliphatic heterocycles. The minimum atomic E-state index is 0.862. The lowest BCUT2D eigenvalue weighted by Crippen LogP contribution is -1.83. The predicted octanol–water partition coefficient (Wildman–Crippen LogP) is 10.3. The molecule has 0 saturated carbocycles. The normalized spacial score (nSPS) is 11.2. The second-order valence-corrected chi connectivity index (χ2v) is 9.81. The molecule has 0 fully saturated rings. The van der Waals surface area contributed by atoms with E-state index in [0.717, 1.165) is 28.4 Å². The summed E-state index contributed by atoms with van der Waals surface area (Å²) in [5.41, 5.74) is 6.89. The molecule has 186 valence electrons. The van der Waals surface area contributed by atoms with Gasteiger partial charge in [0.25, 0.3) is 0 Å². The van der Waals surface area contributed by atoms with Gasteiger partial charge in [0.2, 0.25) is 0 Å². The summed E-state index contributed by atoms with van der Waals surface area (Å²) in [4.78, 5) is 0. The van der Waals surface area contributed by atoms with Gasteiger partial charge in [0.15, 0.2) is 0 Å². The van der Waals surface area contributed by atoms with Crippen LogP contribution in [0.25, 0.3) is 66.4 Å². The third kappa shape index (κ3) is 4.47. The van der Waals surface area contributed by atoms with Gasteiger partial charge in [-0.3, -0.25) is 0 Å². The van der Waals surface area contributed by atoms with Crippen molar-refractivity contribution in [2.75, 3.05) is 7.11 Å². The Morgan fingerprint density at radius 2 is 0.821 bits per heavy atom. The zero-order valence-electron chi connectivity index (χ0n) is 21.6. The number of hydrogen-bond acceptors (Lipinski definition) is 2. The van der Waals surface area contributed by atoms with E-state index in [-0.39, 0.29) is 0 Å². The fraction of sp³-hybridized carbons (Fsp3) is 0.0270. The Morgan fingerprint density at radius 1 is 0.385 bits per heavy atom. The molecule has 1 heterocycles. The molecule has 39 heavy (non-hydrogen) atoms. The Kier molecular flexibility index (Phi) is 5.71. The third-order valence-corrected chi connectivity index (χ3v) is 7.41. The average Bonchev–Trinajstić information content (AvgIpc) is 3.51. The van der Waals surface area contributed by atoms with Crippen LogP contribution in [0, 0.1) is 0 Å². The van der Waals surface area contributed by atoms with E-state index in [1.165, 1.54) is 43.8 Å². The molecule has 7 aromatic rings. The molecule has 2 nitrogen and oxygen atoms in total. The summed E-state index contributed by atoms with van der Waals surface area (Å²) in [6, 6.07) is 49.0. The van der Waals surface area contributed by atoms with Gasteiger partial charge in [0, 0.05) is 11.1 Å². The van der Waals surface area contributed by atoms with Crippen molar-refractivity contribution in [3.8, 4) is 50.7 Å². The van der Waals surface area contributed by atoms with Crippen molar-refractivity contribution < 1.29 is 9.15 Å². The average molecular weight is 503 g/mol. The van der Waals surface area contributed by atoms with Crippen molar-refractivity contribution in [2.45, 2.75) is 0 Å². The number of hydrogen-bond donors (Lipinski definition) is 0. The number of methoxy groups -OCH3 is 1. The molecule has 0 unspecified atom stereocenters. The topological polar surface area (TPSA) is 22.4 Å². The van der Waals surface area contributed by atoms with Crippen LogP contribution in [-0.2, 0) is 0 Å². The minimum absolute atomic E-state index is 0.862. The Morgan fingerprint density at radius 3 is 1.41 bits per heavy atom. The second-order valence-electron chi connectivity index (χ2n) is 9.81. The van der Waals surface area contributed by atoms with Crippen LogP contribution in [0.15, 0.2) is 144 Å². The first-order valence-corrected chi connectivity index (χ1v) is 13.1. The van der Waals surface area contributed by atoms with E-state index in [9.17, 15) is 0 Å². The van der Waals surface area contributed by atoms with E-state index in [0.29, 0.717) is 0 Å². The highest BCUT2D eigenvalue weighted by Gasteiger charge is 2.09. The van der Waals surface area contributed by atoms with Gasteiger partial charge in [-0.05, 0) is 80.2 Å². The lowest BCUT2D eigenvalue weighted by atomic mass is 10.00. The predicted molar refractivity (Wildman–Crippen MR) is 162 cm³/mol. The molecule has 6 aromatic carbocycles. The summed E-state index contributed by atoms with van der Waals surface area (Å²) in [6.45, 7) is 0. The van der Waals surface area contributed by atoms with Gasteiger partial charge in [-0.2, -0.15) is 0 Å². The minimum Gasteiger partial charge on any atom is -0.497 e. The van der Waals surface area contributed by atoms with Gasteiger partial charge in [0.05, 0.1) is 7.11 Å². The number of ether oxygens (including phenoxy) is 1. The first-order valence-electron chi connectivity index (χ1n) is 13.1. The Bertz CT molecular complexity index is 1930. The molecule has 0 spiro atoms. The van der Waals surface area contributed by atoms with Gasteiger partial charge < -0.3 is 9.15 Å². The first kappa shape index (κ1) is 23.1. The highest BCUT2D eigenvalue weighted by atomic mass is 16.5. The van der Waals surface area contributed by atoms with Gasteiger partial charge in [0.1, 0.15) is 17.3 Å². The molecule has 0 saturated heterocycles. The maximum absolute atomic E-state index is 6.27. The SMILES string of the molecule is COc1ccc2cc(-c3ccc(-c4ccc(-c5ccc(-c6ccc7ccccc7c6)cc5)o4)cc3)ccc2c1. The molecular weight excluding hydrogens is 476 g/mol. The van der Waals surface area contributed by atoms with Crippen LogP contribution >= 0.6 is 0 Å². The van der Waals surface area contributed by atoms with Crippen molar-refractivity contribution in [3.63, 3.8) is 0 Å². The highest BCUT2D eigenvalue weighted by molar-refractivity contribution is 5.89.